The van der Waals surface area contributed by atoms with Crippen molar-refractivity contribution in [1.29, 1.82) is 0 Å². The van der Waals surface area contributed by atoms with E-state index in [2.05, 4.69) is 4.74 Å². The summed E-state index contributed by atoms with van der Waals surface area (Å²) >= 11 is 0. The zero-order valence-electron chi connectivity index (χ0n) is 11.2. The maximum absolute atomic E-state index is 13.1. The van der Waals surface area contributed by atoms with Crippen LogP contribution in [-0.4, -0.2) is 45.9 Å². The van der Waals surface area contributed by atoms with E-state index >= 15 is 0 Å². The summed E-state index contributed by atoms with van der Waals surface area (Å²) in [4.78, 5) is 19.6. The number of amides is 1. The minimum Gasteiger partial charge on any atom is -0.495 e. The third-order valence-electron chi connectivity index (χ3n) is 1.90. The number of halogens is 2. The van der Waals surface area contributed by atoms with Gasteiger partial charge in [0.2, 0.25) is 12.2 Å². The van der Waals surface area contributed by atoms with E-state index in [4.69, 9.17) is 10.7 Å². The molecule has 0 aliphatic heterocycles. The number of nitro groups is 1. The number of hydrogen-bond donors (Lipinski definition) is 0. The quantitative estimate of drug-likeness (QED) is 0.354. The largest absolute Gasteiger partial charge is 0.495 e. The summed E-state index contributed by atoms with van der Waals surface area (Å²) < 4.78 is 39.7. The molecule has 118 valence electrons. The predicted molar refractivity (Wildman–Crippen MR) is 72.4 cm³/mol. The number of ether oxygens (including phenoxy) is 1. The molecule has 0 unspecified atom stereocenters. The van der Waals surface area contributed by atoms with Gasteiger partial charge in [-0.1, -0.05) is 0 Å². The molecule has 1 aromatic rings. The molecule has 0 spiro atoms. The smallest absolute Gasteiger partial charge is 0.306 e. The molecule has 0 N–H and O–H groups in total. The van der Waals surface area contributed by atoms with Crippen LogP contribution in [0.3, 0.4) is 0 Å². The molecule has 0 saturated heterocycles. The van der Waals surface area contributed by atoms with E-state index < -0.39 is 36.1 Å². The summed E-state index contributed by atoms with van der Waals surface area (Å²) in [6.07, 6.45) is 0.750. The van der Waals surface area contributed by atoms with E-state index in [0.717, 1.165) is 13.5 Å². The van der Waals surface area contributed by atoms with Gasteiger partial charge in [0.15, 0.2) is 0 Å². The van der Waals surface area contributed by atoms with Gasteiger partial charge >= 0.3 is 5.69 Å². The lowest BCUT2D eigenvalue weighted by molar-refractivity contribution is -0.387. The molecule has 0 saturated carbocycles. The molecule has 0 fully saturated rings. The Hall–Kier alpha value is -1.94. The fraction of sp³-hybridized carbons (Fsp3) is 0.300. The van der Waals surface area contributed by atoms with E-state index in [1.807, 2.05) is 0 Å². The average Bonchev–Trinajstić information content (AvgIpc) is 2.37. The Morgan fingerprint density at radius 1 is 1.43 bits per heavy atom. The Kier molecular flexibility index (Phi) is 7.02. The third kappa shape index (κ3) is 5.92. The number of rotatable bonds is 4. The van der Waals surface area contributed by atoms with Crippen LogP contribution in [-0.2, 0) is 13.8 Å². The molecule has 0 aliphatic rings. The van der Waals surface area contributed by atoms with Crippen LogP contribution in [0.15, 0.2) is 17.0 Å². The Bertz CT molecular complexity index is 635. The lowest BCUT2D eigenvalue weighted by Gasteiger charge is -2.05. The van der Waals surface area contributed by atoms with Crippen LogP contribution >= 0.6 is 10.7 Å². The zero-order chi connectivity index (χ0) is 16.8. The van der Waals surface area contributed by atoms with Crippen molar-refractivity contribution in [3.8, 4) is 5.75 Å². The summed E-state index contributed by atoms with van der Waals surface area (Å²) in [5, 5.41) is 10.4. The van der Waals surface area contributed by atoms with Crippen molar-refractivity contribution in [2.45, 2.75) is 4.90 Å². The first-order valence-corrected chi connectivity index (χ1v) is 7.43. The van der Waals surface area contributed by atoms with Crippen LogP contribution in [0, 0.1) is 15.9 Å². The Balaban J connectivity index is 0.000000690. The summed E-state index contributed by atoms with van der Waals surface area (Å²) in [6, 6.07) is 1.10. The van der Waals surface area contributed by atoms with Crippen molar-refractivity contribution < 1.29 is 27.3 Å². The van der Waals surface area contributed by atoms with Crippen molar-refractivity contribution in [2.24, 2.45) is 0 Å². The van der Waals surface area contributed by atoms with Gasteiger partial charge in [0.05, 0.1) is 12.0 Å². The number of carbonyl (C=O) groups is 1. The average molecular weight is 343 g/mol. The molecule has 0 atom stereocenters. The minimum absolute atomic E-state index is 0.391. The van der Waals surface area contributed by atoms with Gasteiger partial charge in [-0.3, -0.25) is 14.9 Å². The summed E-state index contributed by atoms with van der Waals surface area (Å²) in [5.74, 6) is -1.59. The first-order chi connectivity index (χ1) is 9.54. The lowest BCUT2D eigenvalue weighted by atomic mass is 10.3. The lowest BCUT2D eigenvalue weighted by Crippen LogP contribution is -2.06. The molecule has 21 heavy (non-hydrogen) atoms. The van der Waals surface area contributed by atoms with Crippen molar-refractivity contribution in [2.75, 3.05) is 21.2 Å². The normalized spacial score (nSPS) is 10.1. The van der Waals surface area contributed by atoms with Crippen LogP contribution in [0.5, 0.6) is 5.75 Å². The highest BCUT2D eigenvalue weighted by atomic mass is 35.7. The molecule has 0 heterocycles. The summed E-state index contributed by atoms with van der Waals surface area (Å²) in [6.45, 7) is 0. The number of hydrogen-bond acceptors (Lipinski definition) is 6. The second-order valence-electron chi connectivity index (χ2n) is 3.72. The molecular weight excluding hydrogens is 331 g/mol. The maximum Gasteiger partial charge on any atom is 0.306 e. The summed E-state index contributed by atoms with van der Waals surface area (Å²) in [7, 11) is 5.24. The van der Waals surface area contributed by atoms with Gasteiger partial charge in [-0.2, -0.15) is 4.39 Å². The van der Waals surface area contributed by atoms with Crippen LogP contribution in [0.4, 0.5) is 10.1 Å². The van der Waals surface area contributed by atoms with Crippen LogP contribution in [0.25, 0.3) is 0 Å². The van der Waals surface area contributed by atoms with Gasteiger partial charge < -0.3 is 9.64 Å². The maximum atomic E-state index is 13.1. The van der Waals surface area contributed by atoms with Crippen molar-refractivity contribution in [3.05, 3.63) is 28.1 Å². The Morgan fingerprint density at radius 2 is 1.90 bits per heavy atom. The molecule has 0 aliphatic carbocycles. The molecule has 0 aromatic heterocycles. The van der Waals surface area contributed by atoms with Crippen molar-refractivity contribution in [3.63, 3.8) is 0 Å². The number of nitro benzene ring substituents is 1. The van der Waals surface area contributed by atoms with Gasteiger partial charge in [-0.25, -0.2) is 8.42 Å². The van der Waals surface area contributed by atoms with Crippen LogP contribution in [0.1, 0.15) is 0 Å². The van der Waals surface area contributed by atoms with Gasteiger partial charge in [0.1, 0.15) is 10.6 Å². The number of carbonyl (C=O) groups excluding carboxylic acids is 1. The fourth-order valence-corrected chi connectivity index (χ4v) is 2.01. The first kappa shape index (κ1) is 19.1. The van der Waals surface area contributed by atoms with E-state index in [1.54, 1.807) is 14.1 Å². The highest BCUT2D eigenvalue weighted by Crippen LogP contribution is 2.32. The van der Waals surface area contributed by atoms with Crippen LogP contribution in [0.2, 0.25) is 0 Å². The fourth-order valence-electron chi connectivity index (χ4n) is 1.01. The van der Waals surface area contributed by atoms with Crippen LogP contribution < -0.4 is 4.74 Å². The highest BCUT2D eigenvalue weighted by molar-refractivity contribution is 8.13. The molecule has 0 bridgehead atoms. The second-order valence-corrected chi connectivity index (χ2v) is 6.25. The topological polar surface area (TPSA) is 107 Å². The molecule has 1 amide bonds. The van der Waals surface area contributed by atoms with E-state index in [-0.39, 0.29) is 0 Å². The third-order valence-corrected chi connectivity index (χ3v) is 3.25. The molecule has 0 radical (unpaired) electrons. The van der Waals surface area contributed by atoms with Gasteiger partial charge in [0.25, 0.3) is 9.05 Å². The molecular formula is C10H12ClFN2O6S. The number of nitrogens with zero attached hydrogens (tertiary/aromatic N) is 2. The minimum atomic E-state index is -4.24. The number of benzene rings is 1. The molecule has 8 nitrogen and oxygen atoms in total. The first-order valence-electron chi connectivity index (χ1n) is 5.12. The predicted octanol–water partition coefficient (Wildman–Crippen LogP) is 1.37. The van der Waals surface area contributed by atoms with Gasteiger partial charge in [-0.15, -0.1) is 0 Å². The van der Waals surface area contributed by atoms with E-state index in [0.29, 0.717) is 12.1 Å². The Labute approximate surface area is 124 Å². The van der Waals surface area contributed by atoms with Gasteiger partial charge in [-0.05, 0) is 0 Å². The van der Waals surface area contributed by atoms with Gasteiger partial charge in [0, 0.05) is 36.9 Å². The number of methoxy groups -OCH3 is 1. The van der Waals surface area contributed by atoms with E-state index in [1.165, 1.54) is 4.90 Å². The molecule has 1 rings (SSSR count). The Morgan fingerprint density at radius 3 is 2.19 bits per heavy atom. The molecule has 11 heteroatoms. The zero-order valence-corrected chi connectivity index (χ0v) is 12.8. The van der Waals surface area contributed by atoms with Crippen molar-refractivity contribution >= 4 is 31.8 Å². The van der Waals surface area contributed by atoms with E-state index in [9.17, 15) is 27.7 Å². The monoisotopic (exact) mass is 342 g/mol. The summed E-state index contributed by atoms with van der Waals surface area (Å²) in [5.41, 5.74) is -0.986. The SMILES string of the molecule is CN(C)C=O.COc1cc(F)c([N+](=O)[O-])cc1S(=O)(=O)Cl. The standard InChI is InChI=1S/C7H5ClFNO5S.C3H7NO/c1-15-6-2-4(9)5(10(11)12)3-7(6)16(8,13)14;1-4(2)3-5/h2-3H,1H3;3H,1-2H3. The highest BCUT2D eigenvalue weighted by Gasteiger charge is 2.25. The van der Waals surface area contributed by atoms with Crippen molar-refractivity contribution in [1.82, 2.24) is 4.90 Å². The molecule has 1 aromatic carbocycles. The second kappa shape index (κ2) is 7.74.